The fourth-order valence-corrected chi connectivity index (χ4v) is 2.16. The Hall–Kier alpha value is -1.06. The van der Waals surface area contributed by atoms with Crippen molar-refractivity contribution in [3.63, 3.8) is 0 Å². The van der Waals surface area contributed by atoms with Gasteiger partial charge in [-0.3, -0.25) is 4.98 Å². The van der Waals surface area contributed by atoms with E-state index in [1.54, 1.807) is 13.1 Å². The molecule has 16 heavy (non-hydrogen) atoms. The lowest BCUT2D eigenvalue weighted by Crippen LogP contribution is -2.24. The van der Waals surface area contributed by atoms with Crippen molar-refractivity contribution >= 4 is 0 Å². The summed E-state index contributed by atoms with van der Waals surface area (Å²) in [7, 11) is 0. The Kier molecular flexibility index (Phi) is 2.91. The maximum absolute atomic E-state index is 13.6. The highest BCUT2D eigenvalue weighted by Gasteiger charge is 2.36. The van der Waals surface area contributed by atoms with Gasteiger partial charge in [0.05, 0.1) is 5.69 Å². The largest absolute Gasteiger partial charge is 0.258 e. The van der Waals surface area contributed by atoms with E-state index in [4.69, 9.17) is 0 Å². The number of aryl methyl sites for hydroxylation is 1. The number of pyridine rings is 1. The molecule has 0 N–H and O–H groups in total. The lowest BCUT2D eigenvalue weighted by atomic mass is 9.84. The van der Waals surface area contributed by atoms with Crippen LogP contribution in [0.4, 0.5) is 13.2 Å². The summed E-state index contributed by atoms with van der Waals surface area (Å²) in [6, 6.07) is 1.41. The van der Waals surface area contributed by atoms with Crippen LogP contribution in [-0.4, -0.2) is 10.9 Å². The van der Waals surface area contributed by atoms with Gasteiger partial charge in [-0.1, -0.05) is 0 Å². The molecule has 0 aliphatic heterocycles. The van der Waals surface area contributed by atoms with Crippen molar-refractivity contribution < 1.29 is 13.2 Å². The third-order valence-electron chi connectivity index (χ3n) is 3.11. The molecule has 0 aromatic carbocycles. The molecule has 1 aromatic heterocycles. The molecule has 1 fully saturated rings. The van der Waals surface area contributed by atoms with E-state index >= 15 is 0 Å². The molecule has 1 aliphatic carbocycles. The summed E-state index contributed by atoms with van der Waals surface area (Å²) in [5.74, 6) is -3.09. The van der Waals surface area contributed by atoms with Gasteiger partial charge in [-0.25, -0.2) is 13.2 Å². The summed E-state index contributed by atoms with van der Waals surface area (Å²) >= 11 is 0. The van der Waals surface area contributed by atoms with Crippen molar-refractivity contribution in [3.05, 3.63) is 29.3 Å². The van der Waals surface area contributed by atoms with Gasteiger partial charge in [0.2, 0.25) is 5.92 Å². The first-order chi connectivity index (χ1) is 7.48. The summed E-state index contributed by atoms with van der Waals surface area (Å²) in [6.45, 7) is 1.76. The second kappa shape index (κ2) is 4.07. The van der Waals surface area contributed by atoms with Crippen molar-refractivity contribution in [3.8, 4) is 0 Å². The third-order valence-corrected chi connectivity index (χ3v) is 3.11. The molecular weight excluding hydrogens is 215 g/mol. The highest BCUT2D eigenvalue weighted by molar-refractivity contribution is 5.18. The molecule has 4 heteroatoms. The first-order valence-corrected chi connectivity index (χ1v) is 5.48. The van der Waals surface area contributed by atoms with Gasteiger partial charge in [0.25, 0.3) is 0 Å². The van der Waals surface area contributed by atoms with Crippen LogP contribution in [0.5, 0.6) is 0 Å². The molecule has 1 saturated carbocycles. The molecule has 1 nitrogen and oxygen atoms in total. The van der Waals surface area contributed by atoms with Crippen LogP contribution >= 0.6 is 0 Å². The molecule has 88 valence electrons. The second-order valence-corrected chi connectivity index (χ2v) is 4.51. The quantitative estimate of drug-likeness (QED) is 0.713. The SMILES string of the molecule is Cc1cnc(C2CCC(F)(F)CC2)c(F)c1. The van der Waals surface area contributed by atoms with Crippen LogP contribution in [0, 0.1) is 12.7 Å². The van der Waals surface area contributed by atoms with Gasteiger partial charge in [-0.15, -0.1) is 0 Å². The van der Waals surface area contributed by atoms with Crippen LogP contribution in [0.25, 0.3) is 0 Å². The Labute approximate surface area is 92.7 Å². The lowest BCUT2D eigenvalue weighted by molar-refractivity contribution is -0.0387. The number of hydrogen-bond donors (Lipinski definition) is 0. The number of halogens is 3. The van der Waals surface area contributed by atoms with E-state index in [1.165, 1.54) is 6.07 Å². The number of aromatic nitrogens is 1. The van der Waals surface area contributed by atoms with Gasteiger partial charge in [0, 0.05) is 25.0 Å². The highest BCUT2D eigenvalue weighted by Crippen LogP contribution is 2.40. The number of nitrogens with zero attached hydrogens (tertiary/aromatic N) is 1. The summed E-state index contributed by atoms with van der Waals surface area (Å²) in [5, 5.41) is 0. The van der Waals surface area contributed by atoms with Gasteiger partial charge in [-0.05, 0) is 31.4 Å². The molecule has 0 atom stereocenters. The first-order valence-electron chi connectivity index (χ1n) is 5.48. The van der Waals surface area contributed by atoms with Crippen LogP contribution in [0.15, 0.2) is 12.3 Å². The molecule has 0 unspecified atom stereocenters. The molecule has 0 bridgehead atoms. The topological polar surface area (TPSA) is 12.9 Å². The first kappa shape index (κ1) is 11.4. The molecular formula is C12H14F3N. The standard InChI is InChI=1S/C12H14F3N/c1-8-6-10(13)11(16-7-8)9-2-4-12(14,15)5-3-9/h6-7,9H,2-5H2,1H3. The Morgan fingerprint density at radius 1 is 1.31 bits per heavy atom. The van der Waals surface area contributed by atoms with Crippen LogP contribution in [0.2, 0.25) is 0 Å². The molecule has 1 aliphatic rings. The van der Waals surface area contributed by atoms with E-state index in [9.17, 15) is 13.2 Å². The van der Waals surface area contributed by atoms with E-state index in [0.29, 0.717) is 18.5 Å². The lowest BCUT2D eigenvalue weighted by Gasteiger charge is -2.28. The molecule has 0 saturated heterocycles. The molecule has 1 heterocycles. The molecule has 2 rings (SSSR count). The van der Waals surface area contributed by atoms with Crippen LogP contribution in [0.3, 0.4) is 0 Å². The molecule has 0 radical (unpaired) electrons. The maximum atomic E-state index is 13.6. The van der Waals surface area contributed by atoms with Gasteiger partial charge >= 0.3 is 0 Å². The summed E-state index contributed by atoms with van der Waals surface area (Å²) in [5.41, 5.74) is 1.10. The maximum Gasteiger partial charge on any atom is 0.248 e. The predicted molar refractivity (Wildman–Crippen MR) is 55.1 cm³/mol. The average molecular weight is 229 g/mol. The van der Waals surface area contributed by atoms with Gasteiger partial charge in [0.15, 0.2) is 0 Å². The van der Waals surface area contributed by atoms with Gasteiger partial charge in [-0.2, -0.15) is 0 Å². The van der Waals surface area contributed by atoms with Crippen molar-refractivity contribution in [1.82, 2.24) is 4.98 Å². The fraction of sp³-hybridized carbons (Fsp3) is 0.583. The highest BCUT2D eigenvalue weighted by atomic mass is 19.3. The zero-order valence-electron chi connectivity index (χ0n) is 9.14. The monoisotopic (exact) mass is 229 g/mol. The zero-order valence-corrected chi connectivity index (χ0v) is 9.14. The van der Waals surface area contributed by atoms with E-state index in [0.717, 1.165) is 5.56 Å². The summed E-state index contributed by atoms with van der Waals surface area (Å²) < 4.78 is 39.5. The average Bonchev–Trinajstić information content (AvgIpc) is 2.19. The van der Waals surface area contributed by atoms with Crippen LogP contribution in [-0.2, 0) is 0 Å². The fourth-order valence-electron chi connectivity index (χ4n) is 2.16. The van der Waals surface area contributed by atoms with Crippen molar-refractivity contribution in [2.24, 2.45) is 0 Å². The molecule has 1 aromatic rings. The zero-order chi connectivity index (χ0) is 11.8. The second-order valence-electron chi connectivity index (χ2n) is 4.51. The number of hydrogen-bond acceptors (Lipinski definition) is 1. The summed E-state index contributed by atoms with van der Waals surface area (Å²) in [4.78, 5) is 4.03. The number of alkyl halides is 2. The molecule has 0 amide bonds. The van der Waals surface area contributed by atoms with Crippen molar-refractivity contribution in [2.45, 2.75) is 44.4 Å². The van der Waals surface area contributed by atoms with Crippen LogP contribution in [0.1, 0.15) is 42.9 Å². The Morgan fingerprint density at radius 2 is 1.94 bits per heavy atom. The number of rotatable bonds is 1. The summed E-state index contributed by atoms with van der Waals surface area (Å²) in [6.07, 6.45) is 1.91. The minimum atomic E-state index is -2.57. The minimum Gasteiger partial charge on any atom is -0.258 e. The minimum absolute atomic E-state index is 0.153. The van der Waals surface area contributed by atoms with Gasteiger partial charge < -0.3 is 0 Å². The normalized spacial score (nSPS) is 21.0. The molecule has 0 spiro atoms. The Balaban J connectivity index is 2.14. The van der Waals surface area contributed by atoms with Gasteiger partial charge in [0.1, 0.15) is 5.82 Å². The van der Waals surface area contributed by atoms with Crippen molar-refractivity contribution in [2.75, 3.05) is 0 Å². The van der Waals surface area contributed by atoms with E-state index < -0.39 is 5.92 Å². The van der Waals surface area contributed by atoms with E-state index in [2.05, 4.69) is 4.98 Å². The van der Waals surface area contributed by atoms with E-state index in [1.807, 2.05) is 0 Å². The van der Waals surface area contributed by atoms with Crippen molar-refractivity contribution in [1.29, 1.82) is 0 Å². The Bertz CT molecular complexity index is 380. The van der Waals surface area contributed by atoms with Crippen LogP contribution < -0.4 is 0 Å². The van der Waals surface area contributed by atoms with E-state index in [-0.39, 0.29) is 24.6 Å². The third kappa shape index (κ3) is 2.36. The smallest absolute Gasteiger partial charge is 0.248 e. The Morgan fingerprint density at radius 3 is 2.50 bits per heavy atom. The predicted octanol–water partition coefficient (Wildman–Crippen LogP) is 3.82.